The zero-order valence-electron chi connectivity index (χ0n) is 11.7. The summed E-state index contributed by atoms with van der Waals surface area (Å²) >= 11 is 0. The highest BCUT2D eigenvalue weighted by Gasteiger charge is 2.20. The first kappa shape index (κ1) is 15.6. The zero-order chi connectivity index (χ0) is 15.6. The van der Waals surface area contributed by atoms with Crippen LogP contribution < -0.4 is 4.72 Å². The highest BCUT2D eigenvalue weighted by Crippen LogP contribution is 2.21. The van der Waals surface area contributed by atoms with Crippen LogP contribution in [0.2, 0.25) is 0 Å². The van der Waals surface area contributed by atoms with Crippen LogP contribution in [0.25, 0.3) is 0 Å². The van der Waals surface area contributed by atoms with Crippen LogP contribution in [0, 0.1) is 25.5 Å². The molecule has 1 N–H and O–H groups in total. The number of halogens is 2. The van der Waals surface area contributed by atoms with E-state index in [0.29, 0.717) is 16.7 Å². The van der Waals surface area contributed by atoms with Gasteiger partial charge in [0.1, 0.15) is 11.6 Å². The quantitative estimate of drug-likeness (QED) is 0.943. The minimum atomic E-state index is -3.79. The number of benzene rings is 2. The molecule has 0 aromatic heterocycles. The average molecular weight is 311 g/mol. The summed E-state index contributed by atoms with van der Waals surface area (Å²) in [5, 5.41) is 0. The van der Waals surface area contributed by atoms with Gasteiger partial charge in [0.2, 0.25) is 10.0 Å². The summed E-state index contributed by atoms with van der Waals surface area (Å²) < 4.78 is 53.3. The Labute approximate surface area is 122 Å². The van der Waals surface area contributed by atoms with Gasteiger partial charge in [-0.15, -0.1) is 0 Å². The molecule has 0 fully saturated rings. The van der Waals surface area contributed by atoms with Gasteiger partial charge < -0.3 is 0 Å². The molecule has 112 valence electrons. The topological polar surface area (TPSA) is 46.2 Å². The molecule has 2 rings (SSSR count). The Morgan fingerprint density at radius 3 is 2.19 bits per heavy atom. The Hall–Kier alpha value is -1.79. The number of sulfonamides is 1. The van der Waals surface area contributed by atoms with Crippen molar-refractivity contribution in [2.24, 2.45) is 0 Å². The molecule has 0 aliphatic rings. The fourth-order valence-electron chi connectivity index (χ4n) is 2.22. The van der Waals surface area contributed by atoms with E-state index in [2.05, 4.69) is 4.72 Å². The lowest BCUT2D eigenvalue weighted by molar-refractivity contribution is 0.577. The molecule has 2 aromatic rings. The summed E-state index contributed by atoms with van der Waals surface area (Å²) in [6, 6.07) is 8.01. The summed E-state index contributed by atoms with van der Waals surface area (Å²) in [6.45, 7) is 3.04. The van der Waals surface area contributed by atoms with Crippen LogP contribution in [0.5, 0.6) is 0 Å². The first-order valence-corrected chi connectivity index (χ1v) is 7.79. The maximum atomic E-state index is 13.2. The summed E-state index contributed by atoms with van der Waals surface area (Å²) in [5.41, 5.74) is 1.18. The fraction of sp³-hybridized carbons (Fsp3) is 0.200. The Kier molecular flexibility index (Phi) is 4.39. The number of hydrogen-bond donors (Lipinski definition) is 1. The van der Waals surface area contributed by atoms with Gasteiger partial charge in [-0.3, -0.25) is 0 Å². The van der Waals surface area contributed by atoms with Crippen molar-refractivity contribution in [1.29, 1.82) is 0 Å². The van der Waals surface area contributed by atoms with Crippen molar-refractivity contribution >= 4 is 10.0 Å². The third kappa shape index (κ3) is 3.65. The molecule has 0 heterocycles. The average Bonchev–Trinajstić information content (AvgIpc) is 2.35. The SMILES string of the molecule is Cc1cc(F)cc(C)c1S(=O)(=O)NCc1cccc(F)c1. The van der Waals surface area contributed by atoms with Crippen molar-refractivity contribution < 1.29 is 17.2 Å². The Bertz CT molecular complexity index is 750. The largest absolute Gasteiger partial charge is 0.241 e. The third-order valence-electron chi connectivity index (χ3n) is 3.05. The molecule has 0 saturated carbocycles. The van der Waals surface area contributed by atoms with Crippen LogP contribution in [0.15, 0.2) is 41.3 Å². The van der Waals surface area contributed by atoms with Gasteiger partial charge in [0, 0.05) is 6.54 Å². The van der Waals surface area contributed by atoms with Crippen molar-refractivity contribution in [2.45, 2.75) is 25.3 Å². The first-order chi connectivity index (χ1) is 9.79. The van der Waals surface area contributed by atoms with Crippen molar-refractivity contribution in [3.8, 4) is 0 Å². The molecular formula is C15H15F2NO2S. The maximum absolute atomic E-state index is 13.2. The molecular weight excluding hydrogens is 296 g/mol. The maximum Gasteiger partial charge on any atom is 0.241 e. The Morgan fingerprint density at radius 1 is 1.00 bits per heavy atom. The van der Waals surface area contributed by atoms with Crippen molar-refractivity contribution in [3.05, 3.63) is 64.7 Å². The second-order valence-corrected chi connectivity index (χ2v) is 6.53. The molecule has 0 aliphatic heterocycles. The van der Waals surface area contributed by atoms with Crippen molar-refractivity contribution in [1.82, 2.24) is 4.72 Å². The van der Waals surface area contributed by atoms with Crippen LogP contribution in [0.3, 0.4) is 0 Å². The van der Waals surface area contributed by atoms with E-state index in [0.717, 1.165) is 0 Å². The first-order valence-electron chi connectivity index (χ1n) is 6.30. The van der Waals surface area contributed by atoms with Crippen molar-refractivity contribution in [3.63, 3.8) is 0 Å². The second kappa shape index (κ2) is 5.91. The molecule has 0 saturated heterocycles. The van der Waals surface area contributed by atoms with Gasteiger partial charge in [-0.1, -0.05) is 12.1 Å². The molecule has 0 unspecified atom stereocenters. The van der Waals surface area contributed by atoms with Gasteiger partial charge in [0.25, 0.3) is 0 Å². The smallest absolute Gasteiger partial charge is 0.207 e. The van der Waals surface area contributed by atoms with Gasteiger partial charge in [-0.05, 0) is 54.8 Å². The summed E-state index contributed by atoms with van der Waals surface area (Å²) in [4.78, 5) is 0.0558. The van der Waals surface area contributed by atoms with E-state index in [9.17, 15) is 17.2 Å². The van der Waals surface area contributed by atoms with Crippen LogP contribution in [0.1, 0.15) is 16.7 Å². The van der Waals surface area contributed by atoms with Gasteiger partial charge in [0.15, 0.2) is 0 Å². The van der Waals surface area contributed by atoms with Crippen LogP contribution in [-0.4, -0.2) is 8.42 Å². The third-order valence-corrected chi connectivity index (χ3v) is 4.75. The Morgan fingerprint density at radius 2 is 1.62 bits per heavy atom. The van der Waals surface area contributed by atoms with Gasteiger partial charge in [-0.25, -0.2) is 21.9 Å². The lowest BCUT2D eigenvalue weighted by Crippen LogP contribution is -2.25. The fourth-order valence-corrected chi connectivity index (χ4v) is 3.69. The van der Waals surface area contributed by atoms with E-state index in [1.807, 2.05) is 0 Å². The van der Waals surface area contributed by atoms with E-state index in [-0.39, 0.29) is 11.4 Å². The predicted molar refractivity (Wildman–Crippen MR) is 76.3 cm³/mol. The zero-order valence-corrected chi connectivity index (χ0v) is 12.5. The van der Waals surface area contributed by atoms with E-state index in [1.54, 1.807) is 6.07 Å². The molecule has 0 bridgehead atoms. The molecule has 3 nitrogen and oxygen atoms in total. The summed E-state index contributed by atoms with van der Waals surface area (Å²) in [5.74, 6) is -0.907. The van der Waals surface area contributed by atoms with Gasteiger partial charge in [-0.2, -0.15) is 0 Å². The van der Waals surface area contributed by atoms with Crippen LogP contribution in [0.4, 0.5) is 8.78 Å². The Balaban J connectivity index is 2.27. The van der Waals surface area contributed by atoms with E-state index in [4.69, 9.17) is 0 Å². The molecule has 21 heavy (non-hydrogen) atoms. The molecule has 2 aromatic carbocycles. The predicted octanol–water partition coefficient (Wildman–Crippen LogP) is 3.06. The van der Waals surface area contributed by atoms with E-state index < -0.39 is 21.7 Å². The lowest BCUT2D eigenvalue weighted by Gasteiger charge is -2.12. The molecule has 0 aliphatic carbocycles. The minimum Gasteiger partial charge on any atom is -0.207 e. The van der Waals surface area contributed by atoms with Gasteiger partial charge in [0.05, 0.1) is 4.90 Å². The molecule has 0 spiro atoms. The van der Waals surface area contributed by atoms with Crippen LogP contribution in [-0.2, 0) is 16.6 Å². The number of hydrogen-bond acceptors (Lipinski definition) is 2. The molecule has 6 heteroatoms. The number of rotatable bonds is 4. The standard InChI is InChI=1S/C15H15F2NO2S/c1-10-6-14(17)7-11(2)15(10)21(19,20)18-9-12-4-3-5-13(16)8-12/h3-8,18H,9H2,1-2H3. The van der Waals surface area contributed by atoms with Crippen LogP contribution >= 0.6 is 0 Å². The number of aryl methyl sites for hydroxylation is 2. The van der Waals surface area contributed by atoms with E-state index in [1.165, 1.54) is 44.2 Å². The molecule has 0 radical (unpaired) electrons. The monoisotopic (exact) mass is 311 g/mol. The normalized spacial score (nSPS) is 11.6. The highest BCUT2D eigenvalue weighted by molar-refractivity contribution is 7.89. The molecule has 0 atom stereocenters. The number of nitrogens with one attached hydrogen (secondary N) is 1. The summed E-state index contributed by atoms with van der Waals surface area (Å²) in [6.07, 6.45) is 0. The molecule has 0 amide bonds. The summed E-state index contributed by atoms with van der Waals surface area (Å²) in [7, 11) is -3.79. The minimum absolute atomic E-state index is 0.0314. The van der Waals surface area contributed by atoms with E-state index >= 15 is 0 Å². The second-order valence-electron chi connectivity index (χ2n) is 4.82. The van der Waals surface area contributed by atoms with Gasteiger partial charge >= 0.3 is 0 Å². The van der Waals surface area contributed by atoms with Crippen molar-refractivity contribution in [2.75, 3.05) is 0 Å². The lowest BCUT2D eigenvalue weighted by atomic mass is 10.1. The highest BCUT2D eigenvalue weighted by atomic mass is 32.2.